The molecule has 1 aliphatic rings. The van der Waals surface area contributed by atoms with Gasteiger partial charge in [0.1, 0.15) is 0 Å². The Bertz CT molecular complexity index is 128. The van der Waals surface area contributed by atoms with Crippen molar-refractivity contribution in [2.24, 2.45) is 11.7 Å². The van der Waals surface area contributed by atoms with Gasteiger partial charge in [-0.25, -0.2) is 0 Å². The summed E-state index contributed by atoms with van der Waals surface area (Å²) in [4.78, 5) is 2.39. The second-order valence-electron chi connectivity index (χ2n) is 4.70. The SMILES string of the molecule is CC(N)CN(C)CC1CCCCC1. The average molecular weight is 184 g/mol. The molecule has 0 aliphatic heterocycles. The topological polar surface area (TPSA) is 29.3 Å². The molecule has 2 heteroatoms. The number of nitrogens with two attached hydrogens (primary N) is 1. The molecule has 1 saturated carbocycles. The smallest absolute Gasteiger partial charge is 0.0139 e. The molecule has 2 N–H and O–H groups in total. The summed E-state index contributed by atoms with van der Waals surface area (Å²) in [6.07, 6.45) is 7.20. The van der Waals surface area contributed by atoms with Crippen molar-refractivity contribution in [2.45, 2.75) is 45.1 Å². The van der Waals surface area contributed by atoms with Crippen LogP contribution in [0, 0.1) is 5.92 Å². The number of hydrogen-bond donors (Lipinski definition) is 1. The van der Waals surface area contributed by atoms with Crippen molar-refractivity contribution in [1.82, 2.24) is 4.90 Å². The Hall–Kier alpha value is -0.0800. The predicted octanol–water partition coefficient (Wildman–Crippen LogP) is 1.85. The summed E-state index contributed by atoms with van der Waals surface area (Å²) in [6, 6.07) is 0.314. The van der Waals surface area contributed by atoms with E-state index in [9.17, 15) is 0 Å². The summed E-state index contributed by atoms with van der Waals surface area (Å²) >= 11 is 0. The molecule has 0 saturated heterocycles. The van der Waals surface area contributed by atoms with E-state index >= 15 is 0 Å². The molecule has 0 aromatic carbocycles. The van der Waals surface area contributed by atoms with E-state index in [1.54, 1.807) is 0 Å². The molecule has 1 unspecified atom stereocenters. The highest BCUT2D eigenvalue weighted by Gasteiger charge is 2.15. The van der Waals surface area contributed by atoms with Gasteiger partial charge in [0.25, 0.3) is 0 Å². The zero-order valence-corrected chi connectivity index (χ0v) is 9.13. The van der Waals surface area contributed by atoms with Gasteiger partial charge in [-0.2, -0.15) is 0 Å². The van der Waals surface area contributed by atoms with Gasteiger partial charge < -0.3 is 10.6 Å². The summed E-state index contributed by atoms with van der Waals surface area (Å²) < 4.78 is 0. The Balaban J connectivity index is 2.14. The van der Waals surface area contributed by atoms with Gasteiger partial charge in [-0.15, -0.1) is 0 Å². The van der Waals surface area contributed by atoms with Gasteiger partial charge in [0.15, 0.2) is 0 Å². The molecule has 0 spiro atoms. The molecule has 13 heavy (non-hydrogen) atoms. The molecule has 0 radical (unpaired) electrons. The van der Waals surface area contributed by atoms with Crippen LogP contribution in [0.2, 0.25) is 0 Å². The van der Waals surface area contributed by atoms with Gasteiger partial charge in [0.05, 0.1) is 0 Å². The van der Waals surface area contributed by atoms with E-state index in [4.69, 9.17) is 5.73 Å². The van der Waals surface area contributed by atoms with Crippen molar-refractivity contribution in [1.29, 1.82) is 0 Å². The van der Waals surface area contributed by atoms with Crippen LogP contribution in [0.25, 0.3) is 0 Å². The maximum atomic E-state index is 5.76. The molecule has 2 nitrogen and oxygen atoms in total. The highest BCUT2D eigenvalue weighted by atomic mass is 15.1. The van der Waals surface area contributed by atoms with Crippen LogP contribution in [0.4, 0.5) is 0 Å². The maximum absolute atomic E-state index is 5.76. The quantitative estimate of drug-likeness (QED) is 0.722. The molecule has 0 amide bonds. The fraction of sp³-hybridized carbons (Fsp3) is 1.00. The molecule has 1 fully saturated rings. The Morgan fingerprint density at radius 3 is 2.46 bits per heavy atom. The molecule has 0 aromatic heterocycles. The average Bonchev–Trinajstić information content (AvgIpc) is 2.04. The van der Waals surface area contributed by atoms with Crippen molar-refractivity contribution >= 4 is 0 Å². The minimum atomic E-state index is 0.314. The Kier molecular flexibility index (Phi) is 4.74. The van der Waals surface area contributed by atoms with Crippen molar-refractivity contribution in [3.05, 3.63) is 0 Å². The Morgan fingerprint density at radius 1 is 1.31 bits per heavy atom. The number of rotatable bonds is 4. The van der Waals surface area contributed by atoms with Crippen LogP contribution in [0.15, 0.2) is 0 Å². The molecule has 1 rings (SSSR count). The summed E-state index contributed by atoms with van der Waals surface area (Å²) in [5, 5.41) is 0. The monoisotopic (exact) mass is 184 g/mol. The van der Waals surface area contributed by atoms with E-state index in [2.05, 4.69) is 18.9 Å². The van der Waals surface area contributed by atoms with Crippen molar-refractivity contribution in [3.8, 4) is 0 Å². The first-order valence-electron chi connectivity index (χ1n) is 5.62. The first-order valence-corrected chi connectivity index (χ1v) is 5.62. The van der Waals surface area contributed by atoms with Crippen LogP contribution < -0.4 is 5.73 Å². The van der Waals surface area contributed by atoms with E-state index in [1.165, 1.54) is 38.6 Å². The normalized spacial score (nSPS) is 22.2. The largest absolute Gasteiger partial charge is 0.327 e. The van der Waals surface area contributed by atoms with Crippen LogP contribution in [-0.2, 0) is 0 Å². The van der Waals surface area contributed by atoms with Crippen LogP contribution in [-0.4, -0.2) is 31.1 Å². The minimum absolute atomic E-state index is 0.314. The van der Waals surface area contributed by atoms with Crippen LogP contribution >= 0.6 is 0 Å². The van der Waals surface area contributed by atoms with Gasteiger partial charge >= 0.3 is 0 Å². The minimum Gasteiger partial charge on any atom is -0.327 e. The van der Waals surface area contributed by atoms with Gasteiger partial charge in [0.2, 0.25) is 0 Å². The first-order chi connectivity index (χ1) is 6.18. The van der Waals surface area contributed by atoms with Gasteiger partial charge in [-0.05, 0) is 32.7 Å². The highest BCUT2D eigenvalue weighted by Crippen LogP contribution is 2.23. The second-order valence-corrected chi connectivity index (χ2v) is 4.70. The summed E-state index contributed by atoms with van der Waals surface area (Å²) in [5.41, 5.74) is 5.76. The van der Waals surface area contributed by atoms with Crippen molar-refractivity contribution in [3.63, 3.8) is 0 Å². The standard InChI is InChI=1S/C11H24N2/c1-10(12)8-13(2)9-11-6-4-3-5-7-11/h10-11H,3-9,12H2,1-2H3. The molecule has 0 heterocycles. The lowest BCUT2D eigenvalue weighted by Gasteiger charge is -2.27. The fourth-order valence-electron chi connectivity index (χ4n) is 2.38. The third-order valence-corrected chi connectivity index (χ3v) is 2.89. The Labute approximate surface area is 82.5 Å². The zero-order valence-electron chi connectivity index (χ0n) is 9.13. The van der Waals surface area contributed by atoms with E-state index in [1.807, 2.05) is 0 Å². The zero-order chi connectivity index (χ0) is 9.68. The second kappa shape index (κ2) is 5.61. The number of nitrogens with zero attached hydrogens (tertiary/aromatic N) is 1. The summed E-state index contributed by atoms with van der Waals surface area (Å²) in [6.45, 7) is 4.37. The van der Waals surface area contributed by atoms with E-state index < -0.39 is 0 Å². The third kappa shape index (κ3) is 4.63. The van der Waals surface area contributed by atoms with Crippen molar-refractivity contribution in [2.75, 3.05) is 20.1 Å². The summed E-state index contributed by atoms with van der Waals surface area (Å²) in [5.74, 6) is 0.942. The van der Waals surface area contributed by atoms with Crippen molar-refractivity contribution < 1.29 is 0 Å². The number of likely N-dealkylation sites (N-methyl/N-ethyl adjacent to an activating group) is 1. The third-order valence-electron chi connectivity index (χ3n) is 2.89. The van der Waals surface area contributed by atoms with E-state index in [-0.39, 0.29) is 0 Å². The van der Waals surface area contributed by atoms with Gasteiger partial charge in [-0.3, -0.25) is 0 Å². The number of hydrogen-bond acceptors (Lipinski definition) is 2. The molecular weight excluding hydrogens is 160 g/mol. The summed E-state index contributed by atoms with van der Waals surface area (Å²) in [7, 11) is 2.19. The first kappa shape index (κ1) is 11.0. The predicted molar refractivity (Wildman–Crippen MR) is 57.7 cm³/mol. The van der Waals surface area contributed by atoms with E-state index in [0.717, 1.165) is 12.5 Å². The lowest BCUT2D eigenvalue weighted by molar-refractivity contribution is 0.227. The molecule has 1 aliphatic carbocycles. The highest BCUT2D eigenvalue weighted by molar-refractivity contribution is 4.70. The van der Waals surface area contributed by atoms with Gasteiger partial charge in [0, 0.05) is 19.1 Å². The molecule has 1 atom stereocenters. The molecule has 78 valence electrons. The van der Waals surface area contributed by atoms with Crippen LogP contribution in [0.5, 0.6) is 0 Å². The molecule has 0 bridgehead atoms. The lowest BCUT2D eigenvalue weighted by Crippen LogP contribution is -2.36. The Morgan fingerprint density at radius 2 is 1.92 bits per heavy atom. The van der Waals surface area contributed by atoms with Crippen LogP contribution in [0.3, 0.4) is 0 Å². The fourth-order valence-corrected chi connectivity index (χ4v) is 2.38. The van der Waals surface area contributed by atoms with Gasteiger partial charge in [-0.1, -0.05) is 19.3 Å². The van der Waals surface area contributed by atoms with Crippen LogP contribution in [0.1, 0.15) is 39.0 Å². The molecular formula is C11H24N2. The lowest BCUT2D eigenvalue weighted by atomic mass is 9.89. The molecule has 0 aromatic rings. The maximum Gasteiger partial charge on any atom is 0.0139 e. The van der Waals surface area contributed by atoms with E-state index in [0.29, 0.717) is 6.04 Å².